The lowest BCUT2D eigenvalue weighted by molar-refractivity contribution is -0.120. The van der Waals surface area contributed by atoms with E-state index in [1.807, 2.05) is 0 Å². The molecular formula is C11H16N6O3. The summed E-state index contributed by atoms with van der Waals surface area (Å²) in [6.45, 7) is -0.488. The monoisotopic (exact) mass is 280 g/mol. The predicted molar refractivity (Wildman–Crippen MR) is 70.4 cm³/mol. The second-order valence-electron chi connectivity index (χ2n) is 4.90. The minimum Gasteiger partial charge on any atom is -0.393 e. The van der Waals surface area contributed by atoms with Crippen LogP contribution >= 0.6 is 0 Å². The molecule has 1 aliphatic heterocycles. The second-order valence-corrected chi connectivity index (χ2v) is 4.90. The van der Waals surface area contributed by atoms with Crippen molar-refractivity contribution in [1.82, 2.24) is 19.5 Å². The largest absolute Gasteiger partial charge is 0.393 e. The SMILES string of the molecule is Nc1nc(N)c2ncn([C@H]3CCC(CO)(CO)O3)c2n1. The van der Waals surface area contributed by atoms with E-state index >= 15 is 0 Å². The van der Waals surface area contributed by atoms with Crippen molar-refractivity contribution < 1.29 is 14.9 Å². The molecule has 0 aliphatic carbocycles. The number of imidazole rings is 1. The molecule has 2 aromatic heterocycles. The highest BCUT2D eigenvalue weighted by atomic mass is 16.5. The number of hydrogen-bond donors (Lipinski definition) is 4. The first-order valence-electron chi connectivity index (χ1n) is 6.23. The number of fused-ring (bicyclic) bond motifs is 1. The van der Waals surface area contributed by atoms with Crippen LogP contribution in [0.3, 0.4) is 0 Å². The third-order valence-electron chi connectivity index (χ3n) is 3.59. The van der Waals surface area contributed by atoms with Crippen LogP contribution < -0.4 is 11.5 Å². The molecule has 0 aromatic carbocycles. The lowest BCUT2D eigenvalue weighted by Gasteiger charge is -2.24. The van der Waals surface area contributed by atoms with Gasteiger partial charge in [0.2, 0.25) is 5.95 Å². The first kappa shape index (κ1) is 13.0. The molecule has 1 saturated heterocycles. The van der Waals surface area contributed by atoms with Gasteiger partial charge in [-0.1, -0.05) is 0 Å². The fraction of sp³-hybridized carbons (Fsp3) is 0.545. The van der Waals surface area contributed by atoms with Crippen molar-refractivity contribution in [3.05, 3.63) is 6.33 Å². The molecule has 0 amide bonds. The zero-order valence-corrected chi connectivity index (χ0v) is 10.7. The summed E-state index contributed by atoms with van der Waals surface area (Å²) < 4.78 is 7.45. The summed E-state index contributed by atoms with van der Waals surface area (Å²) in [5, 5.41) is 18.7. The van der Waals surface area contributed by atoms with E-state index in [-0.39, 0.29) is 31.2 Å². The van der Waals surface area contributed by atoms with Crippen LogP contribution in [-0.4, -0.2) is 48.5 Å². The van der Waals surface area contributed by atoms with Crippen LogP contribution in [0.4, 0.5) is 11.8 Å². The molecule has 0 saturated carbocycles. The number of anilines is 2. The molecule has 1 atom stereocenters. The highest BCUT2D eigenvalue weighted by Crippen LogP contribution is 2.37. The van der Waals surface area contributed by atoms with Crippen LogP contribution in [0.15, 0.2) is 6.33 Å². The van der Waals surface area contributed by atoms with Crippen molar-refractivity contribution in [2.45, 2.75) is 24.7 Å². The minimum absolute atomic E-state index is 0.0605. The number of rotatable bonds is 3. The molecule has 20 heavy (non-hydrogen) atoms. The van der Waals surface area contributed by atoms with Gasteiger partial charge in [-0.05, 0) is 12.8 Å². The summed E-state index contributed by atoms with van der Waals surface area (Å²) in [4.78, 5) is 12.1. The van der Waals surface area contributed by atoms with Gasteiger partial charge >= 0.3 is 0 Å². The van der Waals surface area contributed by atoms with E-state index in [2.05, 4.69) is 15.0 Å². The first-order valence-corrected chi connectivity index (χ1v) is 6.23. The average molecular weight is 280 g/mol. The Balaban J connectivity index is 2.00. The van der Waals surface area contributed by atoms with Crippen molar-refractivity contribution in [2.75, 3.05) is 24.7 Å². The Hall–Kier alpha value is -1.97. The second kappa shape index (κ2) is 4.54. The number of aromatic nitrogens is 4. The van der Waals surface area contributed by atoms with E-state index in [9.17, 15) is 10.2 Å². The first-order chi connectivity index (χ1) is 9.58. The Morgan fingerprint density at radius 1 is 1.35 bits per heavy atom. The number of ether oxygens (including phenoxy) is 1. The highest BCUT2D eigenvalue weighted by Gasteiger charge is 2.40. The molecule has 9 heteroatoms. The fourth-order valence-electron chi connectivity index (χ4n) is 2.44. The highest BCUT2D eigenvalue weighted by molar-refractivity contribution is 5.82. The van der Waals surface area contributed by atoms with E-state index < -0.39 is 5.60 Å². The van der Waals surface area contributed by atoms with E-state index in [1.54, 1.807) is 10.9 Å². The molecular weight excluding hydrogens is 264 g/mol. The molecule has 1 fully saturated rings. The Morgan fingerprint density at radius 3 is 2.75 bits per heavy atom. The molecule has 2 aromatic rings. The predicted octanol–water partition coefficient (Wildman–Crippen LogP) is -0.977. The molecule has 0 bridgehead atoms. The summed E-state index contributed by atoms with van der Waals surface area (Å²) in [5.41, 5.74) is 11.3. The number of nitrogens with two attached hydrogens (primary N) is 2. The van der Waals surface area contributed by atoms with E-state index in [4.69, 9.17) is 16.2 Å². The van der Waals surface area contributed by atoms with Gasteiger partial charge in [0, 0.05) is 0 Å². The number of nitrogens with zero attached hydrogens (tertiary/aromatic N) is 4. The molecule has 3 rings (SSSR count). The number of aliphatic hydroxyl groups is 2. The summed E-state index contributed by atoms with van der Waals surface area (Å²) in [5.74, 6) is 0.269. The summed E-state index contributed by atoms with van der Waals surface area (Å²) in [6, 6.07) is 0. The zero-order chi connectivity index (χ0) is 14.3. The van der Waals surface area contributed by atoms with Gasteiger partial charge in [-0.3, -0.25) is 4.57 Å². The molecule has 1 aliphatic rings. The summed E-state index contributed by atoms with van der Waals surface area (Å²) in [7, 11) is 0. The Kier molecular flexibility index (Phi) is 2.96. The summed E-state index contributed by atoms with van der Waals surface area (Å²) >= 11 is 0. The molecule has 0 spiro atoms. The molecule has 3 heterocycles. The standard InChI is InChI=1S/C11H16N6O3/c12-8-7-9(16-10(13)15-8)17(5-14-7)6-1-2-11(3-18,4-19)20-6/h5-6,18-19H,1-4H2,(H4,12,13,15,16)/t6-/m1/s1. The molecule has 0 radical (unpaired) electrons. The smallest absolute Gasteiger partial charge is 0.224 e. The minimum atomic E-state index is -0.925. The van der Waals surface area contributed by atoms with Gasteiger partial charge in [0.15, 0.2) is 11.5 Å². The quantitative estimate of drug-likeness (QED) is 0.561. The van der Waals surface area contributed by atoms with Gasteiger partial charge < -0.3 is 26.4 Å². The van der Waals surface area contributed by atoms with Crippen molar-refractivity contribution in [3.8, 4) is 0 Å². The normalized spacial score (nSPS) is 21.6. The van der Waals surface area contributed by atoms with E-state index in [1.165, 1.54) is 0 Å². The summed E-state index contributed by atoms with van der Waals surface area (Å²) in [6.07, 6.45) is 2.33. The Labute approximate surface area is 114 Å². The maximum absolute atomic E-state index is 9.36. The lowest BCUT2D eigenvalue weighted by atomic mass is 10.0. The lowest BCUT2D eigenvalue weighted by Crippen LogP contribution is -2.37. The van der Waals surface area contributed by atoms with Crippen molar-refractivity contribution in [2.24, 2.45) is 0 Å². The maximum atomic E-state index is 9.36. The van der Waals surface area contributed by atoms with Crippen LogP contribution in [0, 0.1) is 0 Å². The van der Waals surface area contributed by atoms with Crippen LogP contribution in [0.1, 0.15) is 19.1 Å². The molecule has 9 nitrogen and oxygen atoms in total. The number of hydrogen-bond acceptors (Lipinski definition) is 8. The maximum Gasteiger partial charge on any atom is 0.224 e. The molecule has 0 unspecified atom stereocenters. The number of nitrogen functional groups attached to an aromatic ring is 2. The van der Waals surface area contributed by atoms with Crippen molar-refractivity contribution in [1.29, 1.82) is 0 Å². The van der Waals surface area contributed by atoms with Gasteiger partial charge in [0.1, 0.15) is 17.3 Å². The van der Waals surface area contributed by atoms with Gasteiger partial charge in [0.25, 0.3) is 0 Å². The van der Waals surface area contributed by atoms with E-state index in [0.29, 0.717) is 24.0 Å². The zero-order valence-electron chi connectivity index (χ0n) is 10.7. The van der Waals surface area contributed by atoms with Crippen molar-refractivity contribution >= 4 is 22.9 Å². The van der Waals surface area contributed by atoms with Gasteiger partial charge in [-0.15, -0.1) is 0 Å². The van der Waals surface area contributed by atoms with Crippen LogP contribution in [0.5, 0.6) is 0 Å². The Bertz CT molecular complexity index is 638. The van der Waals surface area contributed by atoms with Crippen LogP contribution in [0.2, 0.25) is 0 Å². The van der Waals surface area contributed by atoms with E-state index in [0.717, 1.165) is 0 Å². The van der Waals surface area contributed by atoms with Crippen molar-refractivity contribution in [3.63, 3.8) is 0 Å². The van der Waals surface area contributed by atoms with Crippen LogP contribution in [-0.2, 0) is 4.74 Å². The van der Waals surface area contributed by atoms with Gasteiger partial charge in [-0.25, -0.2) is 4.98 Å². The topological polar surface area (TPSA) is 145 Å². The fourth-order valence-corrected chi connectivity index (χ4v) is 2.44. The third-order valence-corrected chi connectivity index (χ3v) is 3.59. The van der Waals surface area contributed by atoms with Crippen LogP contribution in [0.25, 0.3) is 11.2 Å². The molecule has 108 valence electrons. The number of aliphatic hydroxyl groups excluding tert-OH is 2. The Morgan fingerprint density at radius 2 is 2.10 bits per heavy atom. The average Bonchev–Trinajstić information content (AvgIpc) is 3.02. The molecule has 6 N–H and O–H groups in total. The van der Waals surface area contributed by atoms with Gasteiger partial charge in [0.05, 0.1) is 19.5 Å². The van der Waals surface area contributed by atoms with Gasteiger partial charge in [-0.2, -0.15) is 9.97 Å². The third kappa shape index (κ3) is 1.87.